The van der Waals surface area contributed by atoms with Gasteiger partial charge in [-0.3, -0.25) is 14.6 Å². The first-order valence-corrected chi connectivity index (χ1v) is 11.4. The van der Waals surface area contributed by atoms with Crippen molar-refractivity contribution in [3.63, 3.8) is 0 Å². The van der Waals surface area contributed by atoms with E-state index in [-0.39, 0.29) is 23.4 Å². The zero-order chi connectivity index (χ0) is 22.7. The van der Waals surface area contributed by atoms with Gasteiger partial charge in [0.1, 0.15) is 11.1 Å². The van der Waals surface area contributed by atoms with E-state index in [1.165, 1.54) is 23.9 Å². The van der Waals surface area contributed by atoms with E-state index in [9.17, 15) is 14.0 Å². The Bertz CT molecular complexity index is 1150. The molecular formula is C24H21ClFN3O2S. The Balaban J connectivity index is 1.55. The van der Waals surface area contributed by atoms with Gasteiger partial charge in [-0.25, -0.2) is 4.39 Å². The number of para-hydroxylation sites is 1. The first-order valence-electron chi connectivity index (χ1n) is 10.1. The molecule has 8 heteroatoms. The zero-order valence-electron chi connectivity index (χ0n) is 17.3. The maximum absolute atomic E-state index is 13.5. The number of aromatic nitrogens is 1. The highest BCUT2D eigenvalue weighted by Gasteiger charge is 2.39. The van der Waals surface area contributed by atoms with E-state index >= 15 is 0 Å². The second-order valence-corrected chi connectivity index (χ2v) is 9.12. The number of benzene rings is 2. The molecule has 5 nitrogen and oxygen atoms in total. The molecule has 1 N–H and O–H groups in total. The lowest BCUT2D eigenvalue weighted by Gasteiger charge is -2.36. The number of hydrogen-bond acceptors (Lipinski definition) is 4. The van der Waals surface area contributed by atoms with E-state index in [1.54, 1.807) is 36.4 Å². The molecule has 2 atom stereocenters. The average Bonchev–Trinajstić information content (AvgIpc) is 2.80. The second-order valence-electron chi connectivity index (χ2n) is 7.53. The van der Waals surface area contributed by atoms with Crippen molar-refractivity contribution in [2.75, 3.05) is 4.90 Å². The number of pyridine rings is 1. The van der Waals surface area contributed by atoms with Crippen LogP contribution in [0.4, 0.5) is 10.1 Å². The van der Waals surface area contributed by atoms with Crippen molar-refractivity contribution in [1.82, 2.24) is 10.3 Å². The largest absolute Gasteiger partial charge is 0.352 e. The fourth-order valence-corrected chi connectivity index (χ4v) is 5.04. The number of rotatable bonds is 6. The molecule has 2 amide bonds. The fraction of sp³-hybridized carbons (Fsp3) is 0.208. The van der Waals surface area contributed by atoms with Crippen molar-refractivity contribution in [3.8, 4) is 0 Å². The van der Waals surface area contributed by atoms with Crippen LogP contribution in [0.15, 0.2) is 71.9 Å². The van der Waals surface area contributed by atoms with Gasteiger partial charge in [0.2, 0.25) is 11.8 Å². The molecule has 0 radical (unpaired) electrons. The van der Waals surface area contributed by atoms with Gasteiger partial charge < -0.3 is 10.2 Å². The quantitative estimate of drug-likeness (QED) is 0.561. The zero-order valence-corrected chi connectivity index (χ0v) is 18.9. The van der Waals surface area contributed by atoms with Crippen LogP contribution >= 0.6 is 23.4 Å². The summed E-state index contributed by atoms with van der Waals surface area (Å²) in [6.45, 7) is 2.29. The van der Waals surface area contributed by atoms with Gasteiger partial charge in [0.15, 0.2) is 0 Å². The summed E-state index contributed by atoms with van der Waals surface area (Å²) in [5.74, 6) is -1.39. The Hall–Kier alpha value is -2.90. The highest BCUT2D eigenvalue weighted by molar-refractivity contribution is 8.01. The van der Waals surface area contributed by atoms with Crippen molar-refractivity contribution in [2.24, 2.45) is 5.92 Å². The number of carbonyl (C=O) groups is 2. The molecule has 1 aliphatic heterocycles. The van der Waals surface area contributed by atoms with Gasteiger partial charge >= 0.3 is 0 Å². The number of halogens is 2. The Morgan fingerprint density at radius 1 is 1.25 bits per heavy atom. The van der Waals surface area contributed by atoms with E-state index in [2.05, 4.69) is 10.3 Å². The molecule has 164 valence electrons. The molecule has 0 bridgehead atoms. The third kappa shape index (κ3) is 4.79. The first kappa shape index (κ1) is 22.3. The number of hydrogen-bond donors (Lipinski definition) is 1. The molecule has 32 heavy (non-hydrogen) atoms. The molecule has 0 fully saturated rings. The number of thioether (sulfide) groups is 1. The topological polar surface area (TPSA) is 62.3 Å². The Kier molecular flexibility index (Phi) is 6.77. The molecule has 4 rings (SSSR count). The lowest BCUT2D eigenvalue weighted by molar-refractivity contribution is -0.128. The van der Waals surface area contributed by atoms with Crippen molar-refractivity contribution in [1.29, 1.82) is 0 Å². The van der Waals surface area contributed by atoms with Crippen LogP contribution in [0.3, 0.4) is 0 Å². The Labute approximate surface area is 195 Å². The predicted octanol–water partition coefficient (Wildman–Crippen LogP) is 4.83. The molecule has 2 heterocycles. The summed E-state index contributed by atoms with van der Waals surface area (Å²) in [6, 6.07) is 15.4. The number of nitrogens with one attached hydrogen (secondary N) is 1. The van der Waals surface area contributed by atoms with Crippen LogP contribution in [0.25, 0.3) is 0 Å². The van der Waals surface area contributed by atoms with Crippen molar-refractivity contribution in [2.45, 2.75) is 30.2 Å². The summed E-state index contributed by atoms with van der Waals surface area (Å²) in [5.41, 5.74) is 2.27. The third-order valence-electron chi connectivity index (χ3n) is 5.32. The number of fused-ring (bicyclic) bond motifs is 1. The van der Waals surface area contributed by atoms with Gasteiger partial charge in [0, 0.05) is 28.9 Å². The van der Waals surface area contributed by atoms with E-state index in [4.69, 9.17) is 11.6 Å². The molecule has 0 spiro atoms. The minimum atomic E-state index is -0.599. The highest BCUT2D eigenvalue weighted by atomic mass is 35.5. The Morgan fingerprint density at radius 3 is 2.81 bits per heavy atom. The van der Waals surface area contributed by atoms with Crippen LogP contribution in [-0.2, 0) is 22.7 Å². The van der Waals surface area contributed by atoms with Crippen LogP contribution in [-0.4, -0.2) is 22.0 Å². The molecule has 0 saturated heterocycles. The van der Waals surface area contributed by atoms with Crippen LogP contribution in [0, 0.1) is 11.7 Å². The summed E-state index contributed by atoms with van der Waals surface area (Å²) in [5, 5.41) is 2.55. The number of anilines is 1. The van der Waals surface area contributed by atoms with E-state index in [0.29, 0.717) is 12.1 Å². The molecule has 0 saturated carbocycles. The van der Waals surface area contributed by atoms with Crippen LogP contribution < -0.4 is 10.2 Å². The second kappa shape index (κ2) is 9.71. The van der Waals surface area contributed by atoms with E-state index in [1.807, 2.05) is 30.3 Å². The molecule has 1 aliphatic rings. The van der Waals surface area contributed by atoms with Gasteiger partial charge in [0.25, 0.3) is 0 Å². The summed E-state index contributed by atoms with van der Waals surface area (Å²) < 4.78 is 13.5. The van der Waals surface area contributed by atoms with E-state index in [0.717, 1.165) is 16.1 Å². The molecular weight excluding hydrogens is 449 g/mol. The van der Waals surface area contributed by atoms with Gasteiger partial charge in [-0.05, 0) is 41.5 Å². The normalized spacial score (nSPS) is 16.4. The van der Waals surface area contributed by atoms with Gasteiger partial charge in [-0.2, -0.15) is 0 Å². The SMILES string of the molecule is C[C@@H](C(=O)NCc1cccnc1)[C@H]1Sc2ccccc2N(Cc2ccc(F)cc2Cl)C1=O. The summed E-state index contributed by atoms with van der Waals surface area (Å²) in [6.07, 6.45) is 3.36. The lowest BCUT2D eigenvalue weighted by Crippen LogP contribution is -2.47. The third-order valence-corrected chi connectivity index (χ3v) is 7.14. The average molecular weight is 470 g/mol. The standard InChI is InChI=1S/C24H21ClFN3O2S/c1-15(23(30)28-13-16-5-4-10-27-12-16)22-24(31)29(20-6-2-3-7-21(20)32-22)14-17-8-9-18(26)11-19(17)25/h2-12,15,22H,13-14H2,1H3,(H,28,30)/t15-,22-/m1/s1. The van der Waals surface area contributed by atoms with Gasteiger partial charge in [-0.15, -0.1) is 11.8 Å². The number of amides is 2. The van der Waals surface area contributed by atoms with Gasteiger partial charge in [-0.1, -0.05) is 42.8 Å². The molecule has 0 unspecified atom stereocenters. The van der Waals surface area contributed by atoms with Crippen LogP contribution in [0.2, 0.25) is 5.02 Å². The molecule has 0 aliphatic carbocycles. The minimum absolute atomic E-state index is 0.182. The van der Waals surface area contributed by atoms with Crippen molar-refractivity contribution < 1.29 is 14.0 Å². The molecule has 3 aromatic rings. The molecule has 2 aromatic carbocycles. The van der Waals surface area contributed by atoms with Crippen molar-refractivity contribution >= 4 is 40.9 Å². The summed E-state index contributed by atoms with van der Waals surface area (Å²) in [4.78, 5) is 32.9. The smallest absolute Gasteiger partial charge is 0.241 e. The maximum Gasteiger partial charge on any atom is 0.241 e. The fourth-order valence-electron chi connectivity index (χ4n) is 3.53. The Morgan fingerprint density at radius 2 is 2.06 bits per heavy atom. The predicted molar refractivity (Wildman–Crippen MR) is 124 cm³/mol. The highest BCUT2D eigenvalue weighted by Crippen LogP contribution is 2.42. The van der Waals surface area contributed by atoms with Crippen molar-refractivity contribution in [3.05, 3.63) is 89.0 Å². The van der Waals surface area contributed by atoms with Gasteiger partial charge in [0.05, 0.1) is 18.2 Å². The lowest BCUT2D eigenvalue weighted by atomic mass is 10.0. The maximum atomic E-state index is 13.5. The van der Waals surface area contributed by atoms with E-state index < -0.39 is 17.0 Å². The summed E-state index contributed by atoms with van der Waals surface area (Å²) >= 11 is 7.61. The number of carbonyl (C=O) groups excluding carboxylic acids is 2. The van der Waals surface area contributed by atoms with Crippen LogP contribution in [0.5, 0.6) is 0 Å². The summed E-state index contributed by atoms with van der Waals surface area (Å²) in [7, 11) is 0. The van der Waals surface area contributed by atoms with Crippen LogP contribution in [0.1, 0.15) is 18.1 Å². The minimum Gasteiger partial charge on any atom is -0.352 e. The number of nitrogens with zero attached hydrogens (tertiary/aromatic N) is 2. The monoisotopic (exact) mass is 469 g/mol. The molecule has 1 aromatic heterocycles. The first-order chi connectivity index (χ1) is 15.4.